The molecule has 19 heavy (non-hydrogen) atoms. The third-order valence-corrected chi connectivity index (χ3v) is 4.59. The number of carbonyl (C=O) groups is 1. The van der Waals surface area contributed by atoms with E-state index in [1.807, 2.05) is 13.8 Å². The summed E-state index contributed by atoms with van der Waals surface area (Å²) in [5.41, 5.74) is 0.446. The third kappa shape index (κ3) is 3.70. The van der Waals surface area contributed by atoms with Gasteiger partial charge in [-0.15, -0.1) is 0 Å². The van der Waals surface area contributed by atoms with Gasteiger partial charge in [-0.25, -0.2) is 8.42 Å². The van der Waals surface area contributed by atoms with Gasteiger partial charge < -0.3 is 10.0 Å². The molecule has 0 saturated heterocycles. The van der Waals surface area contributed by atoms with Gasteiger partial charge in [0, 0.05) is 6.04 Å². The van der Waals surface area contributed by atoms with Crippen LogP contribution in [0.15, 0.2) is 29.2 Å². The maximum atomic E-state index is 12.1. The summed E-state index contributed by atoms with van der Waals surface area (Å²) in [6.07, 6.45) is 0. The number of carboxylic acid groups (broad SMARTS) is 1. The topological polar surface area (TPSA) is 74.7 Å². The van der Waals surface area contributed by atoms with Gasteiger partial charge in [-0.05, 0) is 26.0 Å². The van der Waals surface area contributed by atoms with Crippen LogP contribution in [0.2, 0.25) is 0 Å². The van der Waals surface area contributed by atoms with Crippen LogP contribution in [0.3, 0.4) is 0 Å². The highest BCUT2D eigenvalue weighted by Crippen LogP contribution is 2.27. The summed E-state index contributed by atoms with van der Waals surface area (Å²) < 4.78 is 24.1. The van der Waals surface area contributed by atoms with Crippen molar-refractivity contribution in [3.63, 3.8) is 0 Å². The molecule has 1 aromatic rings. The Balaban J connectivity index is 3.36. The number of rotatable bonds is 6. The largest absolute Gasteiger partial charge is 0.480 e. The predicted molar refractivity (Wildman–Crippen MR) is 74.3 cm³/mol. The third-order valence-electron chi connectivity index (χ3n) is 2.82. The number of carboxylic acids is 1. The zero-order valence-corrected chi connectivity index (χ0v) is 12.1. The number of benzene rings is 1. The Bertz CT molecular complexity index is 552. The van der Waals surface area contributed by atoms with E-state index in [9.17, 15) is 13.2 Å². The lowest BCUT2D eigenvalue weighted by Gasteiger charge is -2.29. The molecule has 0 radical (unpaired) electrons. The van der Waals surface area contributed by atoms with E-state index in [-0.39, 0.29) is 23.2 Å². The summed E-state index contributed by atoms with van der Waals surface area (Å²) in [5, 5.41) is 8.95. The van der Waals surface area contributed by atoms with Gasteiger partial charge in [-0.3, -0.25) is 4.79 Å². The molecule has 0 atom stereocenters. The molecule has 0 spiro atoms. The Morgan fingerprint density at radius 1 is 1.32 bits per heavy atom. The van der Waals surface area contributed by atoms with Crippen molar-refractivity contribution in [1.82, 2.24) is 0 Å². The quantitative estimate of drug-likeness (QED) is 0.862. The molecule has 0 aromatic heterocycles. The van der Waals surface area contributed by atoms with Crippen LogP contribution in [0.1, 0.15) is 20.8 Å². The molecule has 6 heteroatoms. The molecule has 0 saturated carbocycles. The smallest absolute Gasteiger partial charge is 0.323 e. The lowest BCUT2D eigenvalue weighted by molar-refractivity contribution is -0.135. The van der Waals surface area contributed by atoms with Crippen LogP contribution in [-0.4, -0.2) is 37.8 Å². The Morgan fingerprint density at radius 2 is 1.89 bits per heavy atom. The molecule has 1 aromatic carbocycles. The summed E-state index contributed by atoms with van der Waals surface area (Å²) in [6.45, 7) is 5.01. The summed E-state index contributed by atoms with van der Waals surface area (Å²) in [6, 6.07) is 6.41. The number of hydrogen-bond acceptors (Lipinski definition) is 4. The summed E-state index contributed by atoms with van der Waals surface area (Å²) in [7, 11) is -3.38. The Kier molecular flexibility index (Phi) is 4.94. The molecular formula is C13H19NO4S. The summed E-state index contributed by atoms with van der Waals surface area (Å²) >= 11 is 0. The van der Waals surface area contributed by atoms with Gasteiger partial charge in [0.1, 0.15) is 6.54 Å². The van der Waals surface area contributed by atoms with Crippen molar-refractivity contribution >= 4 is 21.5 Å². The van der Waals surface area contributed by atoms with E-state index in [4.69, 9.17) is 5.11 Å². The van der Waals surface area contributed by atoms with Gasteiger partial charge in [0.15, 0.2) is 9.84 Å². The Labute approximate surface area is 113 Å². The molecule has 0 aliphatic heterocycles. The van der Waals surface area contributed by atoms with Crippen LogP contribution in [0.5, 0.6) is 0 Å². The molecule has 0 bridgehead atoms. The minimum atomic E-state index is -3.38. The van der Waals surface area contributed by atoms with Gasteiger partial charge in [0.2, 0.25) is 0 Å². The van der Waals surface area contributed by atoms with E-state index in [1.165, 1.54) is 6.07 Å². The van der Waals surface area contributed by atoms with Crippen LogP contribution >= 0.6 is 0 Å². The standard InChI is InChI=1S/C13H19NO4S/c1-4-19(17,18)12-8-6-5-7-11(12)14(10(2)3)9-13(15)16/h5-8,10H,4,9H2,1-3H3,(H,15,16). The van der Waals surface area contributed by atoms with Crippen LogP contribution in [0.4, 0.5) is 5.69 Å². The number of aliphatic carboxylic acids is 1. The van der Waals surface area contributed by atoms with Crippen molar-refractivity contribution in [3.05, 3.63) is 24.3 Å². The highest BCUT2D eigenvalue weighted by Gasteiger charge is 2.22. The number of anilines is 1. The maximum Gasteiger partial charge on any atom is 0.323 e. The summed E-state index contributed by atoms with van der Waals surface area (Å²) in [5.74, 6) is -0.999. The average Bonchev–Trinajstić information content (AvgIpc) is 2.35. The minimum absolute atomic E-state index is 0.0109. The first kappa shape index (κ1) is 15.5. The molecule has 0 fully saturated rings. The van der Waals surface area contributed by atoms with Crippen molar-refractivity contribution < 1.29 is 18.3 Å². The minimum Gasteiger partial charge on any atom is -0.480 e. The van der Waals surface area contributed by atoms with Crippen molar-refractivity contribution in [2.24, 2.45) is 0 Å². The fourth-order valence-electron chi connectivity index (χ4n) is 1.80. The lowest BCUT2D eigenvalue weighted by Crippen LogP contribution is -2.36. The Hall–Kier alpha value is -1.56. The number of sulfone groups is 1. The lowest BCUT2D eigenvalue weighted by atomic mass is 10.2. The second-order valence-corrected chi connectivity index (χ2v) is 6.73. The number of para-hydroxylation sites is 1. The molecule has 106 valence electrons. The molecule has 1 rings (SSSR count). The second kappa shape index (κ2) is 6.06. The summed E-state index contributed by atoms with van der Waals surface area (Å²) in [4.78, 5) is 12.7. The van der Waals surface area contributed by atoms with Crippen molar-refractivity contribution in [2.75, 3.05) is 17.2 Å². The second-order valence-electron chi connectivity index (χ2n) is 4.49. The SMILES string of the molecule is CCS(=O)(=O)c1ccccc1N(CC(=O)O)C(C)C. The van der Waals surface area contributed by atoms with Crippen LogP contribution < -0.4 is 4.90 Å². The number of hydrogen-bond donors (Lipinski definition) is 1. The van der Waals surface area contributed by atoms with Gasteiger partial charge >= 0.3 is 5.97 Å². The van der Waals surface area contributed by atoms with Crippen molar-refractivity contribution in [2.45, 2.75) is 31.7 Å². The fourth-order valence-corrected chi connectivity index (χ4v) is 2.91. The molecular weight excluding hydrogens is 266 g/mol. The monoisotopic (exact) mass is 285 g/mol. The Morgan fingerprint density at radius 3 is 2.37 bits per heavy atom. The van der Waals surface area contributed by atoms with Crippen LogP contribution in [0.25, 0.3) is 0 Å². The van der Waals surface area contributed by atoms with Crippen LogP contribution in [-0.2, 0) is 14.6 Å². The van der Waals surface area contributed by atoms with Gasteiger partial charge in [-0.2, -0.15) is 0 Å². The molecule has 5 nitrogen and oxygen atoms in total. The van der Waals surface area contributed by atoms with Crippen molar-refractivity contribution in [1.29, 1.82) is 0 Å². The molecule has 1 N–H and O–H groups in total. The van der Waals surface area contributed by atoms with E-state index in [0.717, 1.165) is 0 Å². The van der Waals surface area contributed by atoms with Gasteiger partial charge in [-0.1, -0.05) is 19.1 Å². The first-order valence-corrected chi connectivity index (χ1v) is 7.75. The van der Waals surface area contributed by atoms with Gasteiger partial charge in [0.05, 0.1) is 16.3 Å². The molecule has 0 aliphatic carbocycles. The van der Waals surface area contributed by atoms with E-state index in [2.05, 4.69) is 0 Å². The van der Waals surface area contributed by atoms with Crippen molar-refractivity contribution in [3.8, 4) is 0 Å². The first-order valence-electron chi connectivity index (χ1n) is 6.09. The highest BCUT2D eigenvalue weighted by molar-refractivity contribution is 7.91. The normalized spacial score (nSPS) is 11.6. The molecule has 0 amide bonds. The van der Waals surface area contributed by atoms with E-state index >= 15 is 0 Å². The molecule has 0 aliphatic rings. The van der Waals surface area contributed by atoms with E-state index in [1.54, 1.807) is 30.0 Å². The molecule has 0 unspecified atom stereocenters. The van der Waals surface area contributed by atoms with E-state index < -0.39 is 15.8 Å². The molecule has 0 heterocycles. The predicted octanol–water partition coefficient (Wildman–Crippen LogP) is 1.78. The van der Waals surface area contributed by atoms with E-state index in [0.29, 0.717) is 5.69 Å². The zero-order valence-electron chi connectivity index (χ0n) is 11.3. The fraction of sp³-hybridized carbons (Fsp3) is 0.462. The van der Waals surface area contributed by atoms with Crippen LogP contribution in [0, 0.1) is 0 Å². The highest BCUT2D eigenvalue weighted by atomic mass is 32.2. The van der Waals surface area contributed by atoms with Gasteiger partial charge in [0.25, 0.3) is 0 Å². The first-order chi connectivity index (χ1) is 8.79. The average molecular weight is 285 g/mol. The maximum absolute atomic E-state index is 12.1. The number of nitrogens with zero attached hydrogens (tertiary/aromatic N) is 1. The zero-order chi connectivity index (χ0) is 14.6.